The highest BCUT2D eigenvalue weighted by atomic mass is 19.1. The average Bonchev–Trinajstić information content (AvgIpc) is 3.10. The van der Waals surface area contributed by atoms with Crippen LogP contribution in [0.25, 0.3) is 0 Å². The molecule has 0 aromatic heterocycles. The van der Waals surface area contributed by atoms with Crippen LogP contribution in [-0.2, 0) is 14.3 Å². The molecule has 1 aliphatic heterocycles. The van der Waals surface area contributed by atoms with Gasteiger partial charge < -0.3 is 24.8 Å². The molecule has 2 unspecified atom stereocenters. The molecule has 0 bridgehead atoms. The van der Waals surface area contributed by atoms with Crippen LogP contribution in [0, 0.1) is 17.6 Å². The van der Waals surface area contributed by atoms with Crippen molar-refractivity contribution in [2.45, 2.75) is 45.8 Å². The Hall–Kier alpha value is -2.42. The zero-order valence-electron chi connectivity index (χ0n) is 17.4. The van der Waals surface area contributed by atoms with Crippen molar-refractivity contribution in [3.8, 4) is 5.75 Å². The molecule has 2 N–H and O–H groups in total. The number of halogens is 2. The number of nitrogens with two attached hydrogens (primary N) is 1. The summed E-state index contributed by atoms with van der Waals surface area (Å²) in [4.78, 5) is 25.7. The molecule has 2 atom stereocenters. The van der Waals surface area contributed by atoms with E-state index in [0.717, 1.165) is 6.07 Å². The van der Waals surface area contributed by atoms with Crippen LogP contribution < -0.4 is 15.4 Å². The average molecular weight is 414 g/mol. The number of nitrogens with zero attached hydrogens (tertiary/aromatic N) is 1. The van der Waals surface area contributed by atoms with Gasteiger partial charge in [0.1, 0.15) is 22.9 Å². The van der Waals surface area contributed by atoms with Crippen molar-refractivity contribution >= 4 is 17.6 Å². The first-order valence-corrected chi connectivity index (χ1v) is 9.46. The van der Waals surface area contributed by atoms with Crippen LogP contribution in [0.5, 0.6) is 5.75 Å². The van der Waals surface area contributed by atoms with Gasteiger partial charge in [-0.3, -0.25) is 4.79 Å². The molecular formula is C20H28F2N2O5. The van der Waals surface area contributed by atoms with Gasteiger partial charge in [0.25, 0.3) is 0 Å². The normalized spacial score (nSPS) is 17.8. The lowest BCUT2D eigenvalue weighted by molar-refractivity contribution is -0.157. The summed E-state index contributed by atoms with van der Waals surface area (Å²) in [7, 11) is 1.19. The Balaban J connectivity index is 2.26. The number of hydrogen-bond acceptors (Lipinski definition) is 7. The third kappa shape index (κ3) is 5.14. The van der Waals surface area contributed by atoms with Crippen molar-refractivity contribution in [3.63, 3.8) is 0 Å². The van der Waals surface area contributed by atoms with Gasteiger partial charge >= 0.3 is 11.9 Å². The van der Waals surface area contributed by atoms with E-state index in [9.17, 15) is 18.4 Å². The molecule has 1 aromatic carbocycles. The van der Waals surface area contributed by atoms with Gasteiger partial charge in [0.2, 0.25) is 0 Å². The summed E-state index contributed by atoms with van der Waals surface area (Å²) < 4.78 is 44.7. The zero-order valence-corrected chi connectivity index (χ0v) is 17.4. The quantitative estimate of drug-likeness (QED) is 0.716. The summed E-state index contributed by atoms with van der Waals surface area (Å²) in [6.07, 6.45) is 0.490. The van der Waals surface area contributed by atoms with Gasteiger partial charge in [0.15, 0.2) is 17.4 Å². The molecule has 29 heavy (non-hydrogen) atoms. The second-order valence-electron chi connectivity index (χ2n) is 7.88. The molecule has 1 aliphatic rings. The van der Waals surface area contributed by atoms with Gasteiger partial charge in [-0.1, -0.05) is 0 Å². The minimum Gasteiger partial charge on any atom is -0.491 e. The minimum atomic E-state index is -0.998. The number of benzene rings is 1. The Bertz CT molecular complexity index is 779. The number of methoxy groups -OCH3 is 1. The standard InChI is InChI=1S/C20H28F2N2O5/c1-6-28-18(25)12-9-13(21)16(17(27-5)14(12)22)24-8-7-11(10-24)15(23)19(26)29-20(2,3)4/h9,11,15H,6-8,10,23H2,1-5H3. The van der Waals surface area contributed by atoms with Crippen molar-refractivity contribution in [3.05, 3.63) is 23.3 Å². The van der Waals surface area contributed by atoms with Crippen LogP contribution in [0.2, 0.25) is 0 Å². The number of hydrogen-bond donors (Lipinski definition) is 1. The molecule has 9 heteroatoms. The monoisotopic (exact) mass is 414 g/mol. The molecule has 1 fully saturated rings. The van der Waals surface area contributed by atoms with Crippen LogP contribution in [0.4, 0.5) is 14.5 Å². The van der Waals surface area contributed by atoms with Crippen LogP contribution >= 0.6 is 0 Å². The van der Waals surface area contributed by atoms with Gasteiger partial charge in [-0.05, 0) is 40.2 Å². The maximum absolute atomic E-state index is 14.8. The first-order valence-electron chi connectivity index (χ1n) is 9.46. The Labute approximate surface area is 169 Å². The van der Waals surface area contributed by atoms with Crippen LogP contribution in [0.3, 0.4) is 0 Å². The van der Waals surface area contributed by atoms with Gasteiger partial charge in [0, 0.05) is 19.0 Å². The zero-order chi connectivity index (χ0) is 21.9. The Morgan fingerprint density at radius 3 is 2.55 bits per heavy atom. The van der Waals surface area contributed by atoms with E-state index in [1.54, 1.807) is 32.6 Å². The van der Waals surface area contributed by atoms with Gasteiger partial charge in [-0.2, -0.15) is 0 Å². The topological polar surface area (TPSA) is 91.1 Å². The molecule has 1 saturated heterocycles. The molecule has 0 radical (unpaired) electrons. The summed E-state index contributed by atoms with van der Waals surface area (Å²) >= 11 is 0. The number of rotatable bonds is 6. The van der Waals surface area contributed by atoms with Crippen LogP contribution in [0.1, 0.15) is 44.5 Å². The van der Waals surface area contributed by atoms with Crippen molar-refractivity contribution in [1.29, 1.82) is 0 Å². The summed E-state index contributed by atoms with van der Waals surface area (Å²) in [6.45, 7) is 7.38. The lowest BCUT2D eigenvalue weighted by Crippen LogP contribution is -2.43. The Morgan fingerprint density at radius 2 is 2.00 bits per heavy atom. The fourth-order valence-electron chi connectivity index (χ4n) is 3.28. The van der Waals surface area contributed by atoms with Crippen LogP contribution in [0.15, 0.2) is 6.07 Å². The van der Waals surface area contributed by atoms with E-state index in [2.05, 4.69) is 0 Å². The van der Waals surface area contributed by atoms with Crippen molar-refractivity contribution in [1.82, 2.24) is 0 Å². The maximum atomic E-state index is 14.8. The summed E-state index contributed by atoms with van der Waals surface area (Å²) in [5.74, 6) is -4.03. The van der Waals surface area contributed by atoms with Crippen LogP contribution in [-0.4, -0.2) is 50.4 Å². The molecule has 162 valence electrons. The number of carbonyl (C=O) groups excluding carboxylic acids is 2. The molecule has 0 saturated carbocycles. The Morgan fingerprint density at radius 1 is 1.34 bits per heavy atom. The van der Waals surface area contributed by atoms with Crippen molar-refractivity contribution in [2.75, 3.05) is 31.7 Å². The Kier molecular flexibility index (Phi) is 7.05. The highest BCUT2D eigenvalue weighted by Crippen LogP contribution is 2.39. The smallest absolute Gasteiger partial charge is 0.341 e. The SMILES string of the molecule is CCOC(=O)c1cc(F)c(N2CCC(C(N)C(=O)OC(C)(C)C)C2)c(OC)c1F. The predicted octanol–water partition coefficient (Wildman–Crippen LogP) is 2.65. The number of anilines is 1. The van der Waals surface area contributed by atoms with E-state index < -0.39 is 40.8 Å². The third-order valence-corrected chi connectivity index (χ3v) is 4.58. The van der Waals surface area contributed by atoms with E-state index in [1.165, 1.54) is 7.11 Å². The van der Waals surface area contributed by atoms with Gasteiger partial charge in [0.05, 0.1) is 13.7 Å². The fourth-order valence-corrected chi connectivity index (χ4v) is 3.28. The lowest BCUT2D eigenvalue weighted by Gasteiger charge is -2.26. The predicted molar refractivity (Wildman–Crippen MR) is 103 cm³/mol. The molecule has 0 amide bonds. The highest BCUT2D eigenvalue weighted by Gasteiger charge is 2.37. The minimum absolute atomic E-state index is 0.0281. The highest BCUT2D eigenvalue weighted by molar-refractivity contribution is 5.91. The summed E-state index contributed by atoms with van der Waals surface area (Å²) in [5, 5.41) is 0. The molecule has 1 heterocycles. The molecule has 1 aromatic rings. The summed E-state index contributed by atoms with van der Waals surface area (Å²) in [6, 6.07) is -0.0938. The molecule has 2 rings (SSSR count). The van der Waals surface area contributed by atoms with E-state index in [4.69, 9.17) is 19.9 Å². The molecular weight excluding hydrogens is 386 g/mol. The largest absolute Gasteiger partial charge is 0.491 e. The van der Waals surface area contributed by atoms with E-state index in [0.29, 0.717) is 13.0 Å². The molecule has 0 aliphatic carbocycles. The second kappa shape index (κ2) is 8.94. The lowest BCUT2D eigenvalue weighted by atomic mass is 9.99. The maximum Gasteiger partial charge on any atom is 0.341 e. The third-order valence-electron chi connectivity index (χ3n) is 4.58. The fraction of sp³-hybridized carbons (Fsp3) is 0.600. The molecule has 7 nitrogen and oxygen atoms in total. The van der Waals surface area contributed by atoms with Crippen molar-refractivity contribution < 1.29 is 32.6 Å². The van der Waals surface area contributed by atoms with E-state index in [1.807, 2.05) is 0 Å². The summed E-state index contributed by atoms with van der Waals surface area (Å²) in [5.41, 5.74) is 4.72. The van der Waals surface area contributed by atoms with Crippen molar-refractivity contribution in [2.24, 2.45) is 11.7 Å². The van der Waals surface area contributed by atoms with Gasteiger partial charge in [-0.15, -0.1) is 0 Å². The second-order valence-corrected chi connectivity index (χ2v) is 7.88. The van der Waals surface area contributed by atoms with E-state index >= 15 is 0 Å². The number of esters is 2. The van der Waals surface area contributed by atoms with E-state index in [-0.39, 0.29) is 30.5 Å². The number of ether oxygens (including phenoxy) is 3. The van der Waals surface area contributed by atoms with Gasteiger partial charge in [-0.25, -0.2) is 13.6 Å². The molecule has 0 spiro atoms. The number of carbonyl (C=O) groups is 2. The first kappa shape index (κ1) is 22.9. The first-order chi connectivity index (χ1) is 13.5.